The maximum Gasteiger partial charge on any atom is 0.343 e. The van der Waals surface area contributed by atoms with Crippen LogP contribution in [0.2, 0.25) is 5.02 Å². The number of carbonyl (C=O) groups is 2. The van der Waals surface area contributed by atoms with Gasteiger partial charge in [-0.2, -0.15) is 5.10 Å². The van der Waals surface area contributed by atoms with E-state index >= 15 is 0 Å². The van der Waals surface area contributed by atoms with Crippen LogP contribution in [-0.2, 0) is 0 Å². The van der Waals surface area contributed by atoms with Crippen molar-refractivity contribution in [2.75, 3.05) is 6.61 Å². The lowest BCUT2D eigenvalue weighted by atomic mass is 10.0. The molecule has 1 N–H and O–H groups in total. The fourth-order valence-corrected chi connectivity index (χ4v) is 3.45. The Morgan fingerprint density at radius 3 is 2.37 bits per heavy atom. The topological polar surface area (TPSA) is 77.0 Å². The summed E-state index contributed by atoms with van der Waals surface area (Å²) in [5.41, 5.74) is 3.84. The van der Waals surface area contributed by atoms with Crippen molar-refractivity contribution in [1.29, 1.82) is 0 Å². The molecule has 0 aliphatic rings. The van der Waals surface area contributed by atoms with Gasteiger partial charge in [0.2, 0.25) is 0 Å². The van der Waals surface area contributed by atoms with Crippen molar-refractivity contribution < 1.29 is 19.1 Å². The van der Waals surface area contributed by atoms with Gasteiger partial charge in [-0.15, -0.1) is 0 Å². The summed E-state index contributed by atoms with van der Waals surface area (Å²) < 4.78 is 11.1. The molecular formula is C28H21ClN2O4. The van der Waals surface area contributed by atoms with Gasteiger partial charge in [-0.25, -0.2) is 10.2 Å². The highest BCUT2D eigenvalue weighted by atomic mass is 35.5. The molecule has 7 heteroatoms. The van der Waals surface area contributed by atoms with Crippen LogP contribution < -0.4 is 14.9 Å². The maximum atomic E-state index is 12.7. The van der Waals surface area contributed by atoms with E-state index in [1.807, 2.05) is 30.3 Å². The maximum absolute atomic E-state index is 12.7. The van der Waals surface area contributed by atoms with Crippen molar-refractivity contribution >= 4 is 40.5 Å². The summed E-state index contributed by atoms with van der Waals surface area (Å²) in [6, 6.07) is 24.2. The van der Waals surface area contributed by atoms with E-state index in [9.17, 15) is 9.59 Å². The number of hydrogen-bond acceptors (Lipinski definition) is 5. The van der Waals surface area contributed by atoms with Gasteiger partial charge in [-0.1, -0.05) is 54.6 Å². The van der Waals surface area contributed by atoms with E-state index in [1.54, 1.807) is 60.7 Å². The second-order valence-electron chi connectivity index (χ2n) is 7.42. The second kappa shape index (κ2) is 11.1. The first kappa shape index (κ1) is 23.7. The molecule has 0 radical (unpaired) electrons. The lowest BCUT2D eigenvalue weighted by Crippen LogP contribution is -2.17. The van der Waals surface area contributed by atoms with Gasteiger partial charge in [-0.3, -0.25) is 4.79 Å². The van der Waals surface area contributed by atoms with Gasteiger partial charge in [0.05, 0.1) is 11.8 Å². The molecule has 0 spiro atoms. The van der Waals surface area contributed by atoms with Crippen LogP contribution in [0, 0.1) is 0 Å². The van der Waals surface area contributed by atoms with Crippen molar-refractivity contribution in [3.05, 3.63) is 119 Å². The minimum absolute atomic E-state index is 0.311. The van der Waals surface area contributed by atoms with Crippen LogP contribution in [0.1, 0.15) is 26.3 Å². The highest BCUT2D eigenvalue weighted by Crippen LogP contribution is 2.27. The van der Waals surface area contributed by atoms with Crippen molar-refractivity contribution in [3.63, 3.8) is 0 Å². The molecular weight excluding hydrogens is 464 g/mol. The Bertz CT molecular complexity index is 1400. The Hall–Kier alpha value is -4.42. The number of fused-ring (bicyclic) bond motifs is 1. The number of nitrogens with one attached hydrogen (secondary N) is 1. The van der Waals surface area contributed by atoms with E-state index in [0.717, 1.165) is 10.8 Å². The molecule has 0 aliphatic heterocycles. The first-order chi connectivity index (χ1) is 17.0. The monoisotopic (exact) mass is 484 g/mol. The number of amides is 1. The number of benzene rings is 4. The number of carbonyl (C=O) groups excluding carboxylic acids is 2. The fraction of sp³-hybridized carbons (Fsp3) is 0.0357. The molecule has 35 heavy (non-hydrogen) atoms. The van der Waals surface area contributed by atoms with Crippen LogP contribution >= 0.6 is 11.6 Å². The summed E-state index contributed by atoms with van der Waals surface area (Å²) in [4.78, 5) is 25.2. The van der Waals surface area contributed by atoms with Gasteiger partial charge >= 0.3 is 5.97 Å². The summed E-state index contributed by atoms with van der Waals surface area (Å²) in [6.45, 7) is 3.98. The quantitative estimate of drug-likeness (QED) is 0.109. The van der Waals surface area contributed by atoms with Gasteiger partial charge in [0, 0.05) is 16.1 Å². The van der Waals surface area contributed by atoms with E-state index < -0.39 is 11.9 Å². The summed E-state index contributed by atoms with van der Waals surface area (Å²) in [5, 5.41) is 6.38. The number of nitrogens with zero attached hydrogens (tertiary/aromatic N) is 1. The van der Waals surface area contributed by atoms with Gasteiger partial charge in [-0.05, 0) is 65.4 Å². The highest BCUT2D eigenvalue weighted by Gasteiger charge is 2.14. The molecule has 0 heterocycles. The third kappa shape index (κ3) is 5.93. The van der Waals surface area contributed by atoms with Gasteiger partial charge in [0.1, 0.15) is 18.1 Å². The average Bonchev–Trinajstić information content (AvgIpc) is 2.89. The van der Waals surface area contributed by atoms with Crippen LogP contribution in [0.4, 0.5) is 0 Å². The van der Waals surface area contributed by atoms with E-state index in [4.69, 9.17) is 21.1 Å². The zero-order valence-corrected chi connectivity index (χ0v) is 19.4. The minimum atomic E-state index is -0.533. The minimum Gasteiger partial charge on any atom is -0.490 e. The van der Waals surface area contributed by atoms with Crippen molar-refractivity contribution in [1.82, 2.24) is 5.43 Å². The molecule has 0 aromatic heterocycles. The summed E-state index contributed by atoms with van der Waals surface area (Å²) in [7, 11) is 0. The zero-order valence-electron chi connectivity index (χ0n) is 18.6. The number of rotatable bonds is 8. The van der Waals surface area contributed by atoms with E-state index in [1.165, 1.54) is 6.21 Å². The number of ether oxygens (including phenoxy) is 2. The molecule has 0 saturated heterocycles. The van der Waals surface area contributed by atoms with Crippen LogP contribution in [-0.4, -0.2) is 24.7 Å². The predicted octanol–water partition coefficient (Wildman–Crippen LogP) is 6.04. The molecule has 174 valence electrons. The van der Waals surface area contributed by atoms with E-state index in [-0.39, 0.29) is 0 Å². The summed E-state index contributed by atoms with van der Waals surface area (Å²) in [6.07, 6.45) is 3.11. The molecule has 0 unspecified atom stereocenters. The molecule has 0 fully saturated rings. The van der Waals surface area contributed by atoms with E-state index in [0.29, 0.717) is 39.8 Å². The van der Waals surface area contributed by atoms with Crippen molar-refractivity contribution in [3.8, 4) is 11.5 Å². The lowest BCUT2D eigenvalue weighted by molar-refractivity contribution is 0.0734. The number of esters is 1. The Morgan fingerprint density at radius 1 is 0.914 bits per heavy atom. The van der Waals surface area contributed by atoms with Gasteiger partial charge < -0.3 is 9.47 Å². The van der Waals surface area contributed by atoms with Crippen LogP contribution in [0.3, 0.4) is 0 Å². The van der Waals surface area contributed by atoms with E-state index in [2.05, 4.69) is 17.1 Å². The first-order valence-corrected chi connectivity index (χ1v) is 11.1. The Labute approximate surface area is 207 Å². The first-order valence-electron chi connectivity index (χ1n) is 10.7. The Balaban J connectivity index is 1.55. The number of hydrogen-bond donors (Lipinski definition) is 1. The summed E-state index contributed by atoms with van der Waals surface area (Å²) >= 11 is 5.91. The molecule has 0 bridgehead atoms. The zero-order chi connectivity index (χ0) is 24.6. The molecule has 4 aromatic rings. The molecule has 0 atom stereocenters. The molecule has 1 amide bonds. The van der Waals surface area contributed by atoms with Gasteiger partial charge in [0.15, 0.2) is 0 Å². The summed E-state index contributed by atoms with van der Waals surface area (Å²) in [5.74, 6) is 0.0177. The normalized spacial score (nSPS) is 10.8. The van der Waals surface area contributed by atoms with Gasteiger partial charge in [0.25, 0.3) is 5.91 Å². The predicted molar refractivity (Wildman–Crippen MR) is 138 cm³/mol. The smallest absolute Gasteiger partial charge is 0.343 e. The third-order valence-electron chi connectivity index (χ3n) is 5.06. The SMILES string of the molecule is C=CCOc1ccc(C(=O)N/N=C/c2c(OC(=O)c3ccc(Cl)cc3)ccc3ccccc23)cc1. The number of hydrazone groups is 1. The standard InChI is InChI=1S/C28H21ClN2O4/c1-2-17-34-23-14-9-20(10-15-23)27(32)31-30-18-25-24-6-4-3-5-19(24)11-16-26(25)35-28(33)21-7-12-22(29)13-8-21/h2-16,18H,1,17H2,(H,31,32)/b30-18+. The highest BCUT2D eigenvalue weighted by molar-refractivity contribution is 6.30. The average molecular weight is 485 g/mol. The molecule has 4 rings (SSSR count). The van der Waals surface area contributed by atoms with Crippen LogP contribution in [0.5, 0.6) is 11.5 Å². The largest absolute Gasteiger partial charge is 0.490 e. The molecule has 0 aliphatic carbocycles. The van der Waals surface area contributed by atoms with Crippen LogP contribution in [0.25, 0.3) is 10.8 Å². The van der Waals surface area contributed by atoms with Crippen LogP contribution in [0.15, 0.2) is 103 Å². The Morgan fingerprint density at radius 2 is 1.63 bits per heavy atom. The van der Waals surface area contributed by atoms with Crippen molar-refractivity contribution in [2.24, 2.45) is 5.10 Å². The number of halogens is 1. The molecule has 6 nitrogen and oxygen atoms in total. The third-order valence-corrected chi connectivity index (χ3v) is 5.31. The second-order valence-corrected chi connectivity index (χ2v) is 7.85. The fourth-order valence-electron chi connectivity index (χ4n) is 3.32. The van der Waals surface area contributed by atoms with Crippen molar-refractivity contribution in [2.45, 2.75) is 0 Å². The molecule has 4 aromatic carbocycles. The lowest BCUT2D eigenvalue weighted by Gasteiger charge is -2.11. The Kier molecular flexibility index (Phi) is 7.55. The molecule has 0 saturated carbocycles.